The highest BCUT2D eigenvalue weighted by molar-refractivity contribution is 7.92. The van der Waals surface area contributed by atoms with Gasteiger partial charge in [-0.2, -0.15) is 0 Å². The van der Waals surface area contributed by atoms with Crippen LogP contribution < -0.4 is 4.72 Å². The van der Waals surface area contributed by atoms with Crippen LogP contribution in [-0.4, -0.2) is 8.42 Å². The van der Waals surface area contributed by atoms with Crippen LogP contribution in [0.3, 0.4) is 0 Å². The Balaban J connectivity index is 0.00000180. The maximum absolute atomic E-state index is 12.1. The molecule has 102 valence electrons. The minimum absolute atomic E-state index is 0. The molecule has 1 N–H and O–H groups in total. The molecule has 0 radical (unpaired) electrons. The van der Waals surface area contributed by atoms with Crippen molar-refractivity contribution in [2.24, 2.45) is 0 Å². The number of halogens is 1. The van der Waals surface area contributed by atoms with E-state index in [0.717, 1.165) is 11.1 Å². The summed E-state index contributed by atoms with van der Waals surface area (Å²) in [5.41, 5.74) is 2.62. The van der Waals surface area contributed by atoms with Gasteiger partial charge in [-0.05, 0) is 43.7 Å². The Morgan fingerprint density at radius 2 is 1.53 bits per heavy atom. The van der Waals surface area contributed by atoms with E-state index in [4.69, 9.17) is 0 Å². The summed E-state index contributed by atoms with van der Waals surface area (Å²) in [7, 11) is -3.50. The highest BCUT2D eigenvalue weighted by Gasteiger charge is 2.13. The van der Waals surface area contributed by atoms with Gasteiger partial charge in [0.1, 0.15) is 0 Å². The summed E-state index contributed by atoms with van der Waals surface area (Å²) >= 11 is 0. The predicted octanol–water partition coefficient (Wildman–Crippen LogP) is 3.53. The van der Waals surface area contributed by atoms with Gasteiger partial charge in [-0.3, -0.25) is 4.72 Å². The topological polar surface area (TPSA) is 46.2 Å². The van der Waals surface area contributed by atoms with Crippen molar-refractivity contribution >= 4 is 28.1 Å². The summed E-state index contributed by atoms with van der Waals surface area (Å²) in [6.07, 6.45) is 0. The molecule has 3 nitrogen and oxygen atoms in total. The van der Waals surface area contributed by atoms with Gasteiger partial charge in [0.05, 0.1) is 4.90 Å². The third-order valence-corrected chi connectivity index (χ3v) is 4.00. The molecule has 0 aliphatic carbocycles. The molecule has 5 heteroatoms. The van der Waals surface area contributed by atoms with E-state index >= 15 is 0 Å². The van der Waals surface area contributed by atoms with Gasteiger partial charge in [-0.1, -0.05) is 29.8 Å². The molecular formula is C14H16ClNO2S. The Kier molecular flexibility index (Phi) is 4.97. The molecule has 0 heterocycles. The third-order valence-electron chi connectivity index (χ3n) is 2.60. The molecule has 0 fully saturated rings. The van der Waals surface area contributed by atoms with Crippen LogP contribution in [0.4, 0.5) is 5.69 Å². The molecule has 0 aliphatic heterocycles. The van der Waals surface area contributed by atoms with Crippen molar-refractivity contribution in [3.05, 3.63) is 59.7 Å². The van der Waals surface area contributed by atoms with Crippen molar-refractivity contribution in [3.63, 3.8) is 0 Å². The van der Waals surface area contributed by atoms with Crippen molar-refractivity contribution in [2.75, 3.05) is 4.72 Å². The molecule has 0 atom stereocenters. The van der Waals surface area contributed by atoms with Crippen molar-refractivity contribution in [2.45, 2.75) is 18.7 Å². The first-order chi connectivity index (χ1) is 8.47. The van der Waals surface area contributed by atoms with E-state index in [1.54, 1.807) is 36.4 Å². The van der Waals surface area contributed by atoms with Crippen molar-refractivity contribution in [1.29, 1.82) is 0 Å². The van der Waals surface area contributed by atoms with Gasteiger partial charge in [-0.25, -0.2) is 8.42 Å². The number of rotatable bonds is 3. The zero-order chi connectivity index (χ0) is 13.2. The first-order valence-corrected chi connectivity index (χ1v) is 7.12. The average Bonchev–Trinajstić information content (AvgIpc) is 2.29. The monoisotopic (exact) mass is 297 g/mol. The van der Waals surface area contributed by atoms with E-state index in [9.17, 15) is 8.42 Å². The van der Waals surface area contributed by atoms with Crippen LogP contribution in [0.15, 0.2) is 53.4 Å². The number of hydrogen-bond donors (Lipinski definition) is 1. The van der Waals surface area contributed by atoms with Crippen molar-refractivity contribution in [3.8, 4) is 0 Å². The molecule has 2 aromatic carbocycles. The molecule has 0 unspecified atom stereocenters. The van der Waals surface area contributed by atoms with Crippen LogP contribution in [-0.2, 0) is 10.0 Å². The molecule has 0 amide bonds. The van der Waals surface area contributed by atoms with Gasteiger partial charge < -0.3 is 0 Å². The predicted molar refractivity (Wildman–Crippen MR) is 80.4 cm³/mol. The minimum Gasteiger partial charge on any atom is -0.280 e. The largest absolute Gasteiger partial charge is 0.280 e. The van der Waals surface area contributed by atoms with E-state index in [-0.39, 0.29) is 17.3 Å². The summed E-state index contributed by atoms with van der Waals surface area (Å²) in [6, 6.07) is 14.0. The van der Waals surface area contributed by atoms with Gasteiger partial charge in [-0.15, -0.1) is 12.4 Å². The van der Waals surface area contributed by atoms with E-state index < -0.39 is 10.0 Å². The van der Waals surface area contributed by atoms with Gasteiger partial charge in [0.25, 0.3) is 10.0 Å². The summed E-state index contributed by atoms with van der Waals surface area (Å²) in [5.74, 6) is 0. The summed E-state index contributed by atoms with van der Waals surface area (Å²) in [5, 5.41) is 0. The number of aryl methyl sites for hydroxylation is 2. The third kappa shape index (κ3) is 3.98. The van der Waals surface area contributed by atoms with Gasteiger partial charge in [0, 0.05) is 5.69 Å². The second-order valence-corrected chi connectivity index (χ2v) is 5.97. The molecule has 19 heavy (non-hydrogen) atoms. The molecule has 0 spiro atoms. The summed E-state index contributed by atoms with van der Waals surface area (Å²) < 4.78 is 26.8. The first kappa shape index (κ1) is 15.5. The fourth-order valence-electron chi connectivity index (χ4n) is 1.64. The maximum atomic E-state index is 12.1. The lowest BCUT2D eigenvalue weighted by molar-refractivity contribution is 0.601. The zero-order valence-corrected chi connectivity index (χ0v) is 12.4. The number of sulfonamides is 1. The van der Waals surface area contributed by atoms with E-state index in [0.29, 0.717) is 5.69 Å². The van der Waals surface area contributed by atoms with E-state index in [1.165, 1.54) is 0 Å². The fourth-order valence-corrected chi connectivity index (χ4v) is 2.69. The van der Waals surface area contributed by atoms with E-state index in [2.05, 4.69) is 4.72 Å². The second-order valence-electron chi connectivity index (χ2n) is 4.29. The van der Waals surface area contributed by atoms with Gasteiger partial charge in [0.2, 0.25) is 0 Å². The lowest BCUT2D eigenvalue weighted by Crippen LogP contribution is -2.12. The Morgan fingerprint density at radius 1 is 0.895 bits per heavy atom. The molecular weight excluding hydrogens is 282 g/mol. The van der Waals surface area contributed by atoms with Crippen LogP contribution in [0.25, 0.3) is 0 Å². The van der Waals surface area contributed by atoms with E-state index in [1.807, 2.05) is 26.0 Å². The highest BCUT2D eigenvalue weighted by Crippen LogP contribution is 2.17. The lowest BCUT2D eigenvalue weighted by Gasteiger charge is -2.08. The average molecular weight is 298 g/mol. The molecule has 0 bridgehead atoms. The number of anilines is 1. The molecule has 2 rings (SSSR count). The van der Waals surface area contributed by atoms with Crippen LogP contribution in [0.5, 0.6) is 0 Å². The van der Waals surface area contributed by atoms with Gasteiger partial charge >= 0.3 is 0 Å². The second kappa shape index (κ2) is 6.08. The Bertz CT molecular complexity index is 651. The number of hydrogen-bond acceptors (Lipinski definition) is 2. The molecule has 0 saturated carbocycles. The highest BCUT2D eigenvalue weighted by atomic mass is 35.5. The number of nitrogens with one attached hydrogen (secondary N) is 1. The van der Waals surface area contributed by atoms with Crippen LogP contribution in [0.2, 0.25) is 0 Å². The number of benzene rings is 2. The Hall–Kier alpha value is -1.52. The fraction of sp³-hybridized carbons (Fsp3) is 0.143. The maximum Gasteiger partial charge on any atom is 0.261 e. The van der Waals surface area contributed by atoms with Crippen LogP contribution in [0, 0.1) is 13.8 Å². The van der Waals surface area contributed by atoms with Crippen molar-refractivity contribution < 1.29 is 8.42 Å². The van der Waals surface area contributed by atoms with Crippen LogP contribution in [0.1, 0.15) is 11.1 Å². The summed E-state index contributed by atoms with van der Waals surface area (Å²) in [4.78, 5) is 0.273. The zero-order valence-electron chi connectivity index (χ0n) is 10.8. The minimum atomic E-state index is -3.50. The molecule has 2 aromatic rings. The molecule has 0 aliphatic rings. The normalized spacial score (nSPS) is 10.6. The Morgan fingerprint density at radius 3 is 2.11 bits per heavy atom. The lowest BCUT2D eigenvalue weighted by atomic mass is 10.2. The van der Waals surface area contributed by atoms with Crippen LogP contribution >= 0.6 is 12.4 Å². The van der Waals surface area contributed by atoms with Gasteiger partial charge in [0.15, 0.2) is 0 Å². The molecule has 0 aromatic heterocycles. The molecule has 0 saturated heterocycles. The first-order valence-electron chi connectivity index (χ1n) is 5.63. The van der Waals surface area contributed by atoms with Crippen molar-refractivity contribution in [1.82, 2.24) is 0 Å². The smallest absolute Gasteiger partial charge is 0.261 e. The SMILES string of the molecule is Cc1ccc(S(=O)(=O)Nc2cccc(C)c2)cc1.Cl. The standard InChI is InChI=1S/C14H15NO2S.ClH/c1-11-6-8-14(9-7-11)18(16,17)15-13-5-3-4-12(2)10-13;/h3-10,15H,1-2H3;1H. The Labute approximate surface area is 120 Å². The summed E-state index contributed by atoms with van der Waals surface area (Å²) in [6.45, 7) is 3.84. The quantitative estimate of drug-likeness (QED) is 0.942.